The topological polar surface area (TPSA) is 18.5 Å². The average Bonchev–Trinajstić information content (AvgIpc) is 2.14. The maximum Gasteiger partial charge on any atom is 0.0468 e. The van der Waals surface area contributed by atoms with E-state index < -0.39 is 0 Å². The summed E-state index contributed by atoms with van der Waals surface area (Å²) >= 11 is 0. The Morgan fingerprint density at radius 1 is 1.08 bits per heavy atom. The van der Waals surface area contributed by atoms with Gasteiger partial charge in [0.2, 0.25) is 0 Å². The maximum atomic E-state index is 5.48. The summed E-state index contributed by atoms with van der Waals surface area (Å²) < 4.78 is 10.5. The van der Waals surface area contributed by atoms with Crippen LogP contribution in [0.25, 0.3) is 0 Å². The first-order valence-electron chi connectivity index (χ1n) is 5.38. The smallest absolute Gasteiger partial charge is 0.0468 e. The van der Waals surface area contributed by atoms with E-state index in [0.717, 1.165) is 38.6 Å². The molecule has 13 heavy (non-hydrogen) atoms. The van der Waals surface area contributed by atoms with Gasteiger partial charge < -0.3 is 9.47 Å². The maximum absolute atomic E-state index is 5.48. The Balaban J connectivity index is 3.03. The molecule has 2 heteroatoms. The molecule has 0 spiro atoms. The predicted octanol–water partition coefficient (Wildman–Crippen LogP) is 2.87. The molecule has 0 radical (unpaired) electrons. The highest BCUT2D eigenvalue weighted by molar-refractivity contribution is 4.51. The van der Waals surface area contributed by atoms with Gasteiger partial charge in [-0.3, -0.25) is 0 Å². The van der Waals surface area contributed by atoms with Crippen LogP contribution < -0.4 is 0 Å². The normalized spacial score (nSPS) is 13.2. The molecule has 0 rings (SSSR count). The fourth-order valence-electron chi connectivity index (χ4n) is 1.10. The summed E-state index contributed by atoms with van der Waals surface area (Å²) in [6.07, 6.45) is 4.71. The molecule has 0 saturated carbocycles. The van der Waals surface area contributed by atoms with E-state index in [9.17, 15) is 0 Å². The second kappa shape index (κ2) is 10.0. The average molecular weight is 188 g/mol. The van der Waals surface area contributed by atoms with Crippen LogP contribution in [0.15, 0.2) is 0 Å². The fraction of sp³-hybridized carbons (Fsp3) is 1.00. The molecule has 1 unspecified atom stereocenters. The third kappa shape index (κ3) is 9.84. The molecule has 0 bridgehead atoms. The van der Waals surface area contributed by atoms with Gasteiger partial charge in [-0.05, 0) is 25.2 Å². The van der Waals surface area contributed by atoms with E-state index in [-0.39, 0.29) is 0 Å². The summed E-state index contributed by atoms with van der Waals surface area (Å²) in [5, 5.41) is 0. The van der Waals surface area contributed by atoms with Gasteiger partial charge in [-0.1, -0.05) is 20.3 Å². The first-order valence-corrected chi connectivity index (χ1v) is 5.38. The molecule has 0 aliphatic heterocycles. The molecule has 0 saturated heterocycles. The van der Waals surface area contributed by atoms with Gasteiger partial charge in [0.25, 0.3) is 0 Å². The Morgan fingerprint density at radius 2 is 1.77 bits per heavy atom. The Labute approximate surface area is 82.6 Å². The minimum atomic E-state index is 0.724. The molecule has 0 aromatic heterocycles. The highest BCUT2D eigenvalue weighted by Gasteiger charge is 2.00. The van der Waals surface area contributed by atoms with Gasteiger partial charge in [0.15, 0.2) is 0 Å². The largest absolute Gasteiger partial charge is 0.385 e. The number of ether oxygens (including phenoxy) is 2. The van der Waals surface area contributed by atoms with Gasteiger partial charge in [-0.25, -0.2) is 0 Å². The second-order valence-electron chi connectivity index (χ2n) is 3.64. The third-order valence-electron chi connectivity index (χ3n) is 2.21. The van der Waals surface area contributed by atoms with Crippen LogP contribution in [0.3, 0.4) is 0 Å². The lowest BCUT2D eigenvalue weighted by Gasteiger charge is -2.10. The van der Waals surface area contributed by atoms with Gasteiger partial charge >= 0.3 is 0 Å². The van der Waals surface area contributed by atoms with E-state index in [1.165, 1.54) is 12.8 Å². The number of rotatable bonds is 9. The van der Waals surface area contributed by atoms with Gasteiger partial charge in [0, 0.05) is 26.9 Å². The van der Waals surface area contributed by atoms with Gasteiger partial charge in [-0.2, -0.15) is 0 Å². The lowest BCUT2D eigenvalue weighted by atomic mass is 10.1. The van der Waals surface area contributed by atoms with Gasteiger partial charge in [-0.15, -0.1) is 0 Å². The molecule has 2 nitrogen and oxygen atoms in total. The Bertz CT molecular complexity index is 94.1. The van der Waals surface area contributed by atoms with Gasteiger partial charge in [0.05, 0.1) is 0 Å². The van der Waals surface area contributed by atoms with Crippen LogP contribution in [-0.4, -0.2) is 26.9 Å². The molecular weight excluding hydrogens is 164 g/mol. The van der Waals surface area contributed by atoms with Crippen LogP contribution in [-0.2, 0) is 9.47 Å². The second-order valence-corrected chi connectivity index (χ2v) is 3.64. The van der Waals surface area contributed by atoms with Crippen molar-refractivity contribution in [2.24, 2.45) is 5.92 Å². The third-order valence-corrected chi connectivity index (χ3v) is 2.21. The molecule has 0 amide bonds. The van der Waals surface area contributed by atoms with E-state index in [0.29, 0.717) is 0 Å². The van der Waals surface area contributed by atoms with Crippen LogP contribution in [0.2, 0.25) is 0 Å². The Kier molecular flexibility index (Phi) is 9.94. The lowest BCUT2D eigenvalue weighted by molar-refractivity contribution is 0.111. The van der Waals surface area contributed by atoms with Crippen LogP contribution >= 0.6 is 0 Å². The van der Waals surface area contributed by atoms with E-state index in [4.69, 9.17) is 9.47 Å². The zero-order chi connectivity index (χ0) is 9.94. The quantitative estimate of drug-likeness (QED) is 0.518. The van der Waals surface area contributed by atoms with Crippen molar-refractivity contribution in [1.29, 1.82) is 0 Å². The SMILES string of the molecule is CCCCOCCC(C)CCOC. The molecule has 0 aliphatic rings. The molecule has 80 valence electrons. The minimum absolute atomic E-state index is 0.724. The Morgan fingerprint density at radius 3 is 2.38 bits per heavy atom. The summed E-state index contributed by atoms with van der Waals surface area (Å²) in [4.78, 5) is 0. The van der Waals surface area contributed by atoms with Crippen LogP contribution in [0, 0.1) is 5.92 Å². The van der Waals surface area contributed by atoms with E-state index in [1.807, 2.05) is 0 Å². The van der Waals surface area contributed by atoms with E-state index >= 15 is 0 Å². The molecule has 0 fully saturated rings. The number of hydrogen-bond donors (Lipinski definition) is 0. The standard InChI is InChI=1S/C11H24O2/c1-4-5-8-13-10-7-11(2)6-9-12-3/h11H,4-10H2,1-3H3. The van der Waals surface area contributed by atoms with Gasteiger partial charge in [0.1, 0.15) is 0 Å². The highest BCUT2D eigenvalue weighted by atomic mass is 16.5. The minimum Gasteiger partial charge on any atom is -0.385 e. The molecule has 1 atom stereocenters. The first kappa shape index (κ1) is 12.9. The van der Waals surface area contributed by atoms with Crippen molar-refractivity contribution in [3.63, 3.8) is 0 Å². The molecule has 0 aromatic carbocycles. The molecule has 0 aliphatic carbocycles. The fourth-order valence-corrected chi connectivity index (χ4v) is 1.10. The summed E-state index contributed by atoms with van der Waals surface area (Å²) in [6, 6.07) is 0. The summed E-state index contributed by atoms with van der Waals surface area (Å²) in [5.74, 6) is 0.724. The highest BCUT2D eigenvalue weighted by Crippen LogP contribution is 2.07. The van der Waals surface area contributed by atoms with Crippen molar-refractivity contribution in [3.05, 3.63) is 0 Å². The zero-order valence-electron chi connectivity index (χ0n) is 9.34. The molecule has 0 heterocycles. The summed E-state index contributed by atoms with van der Waals surface area (Å²) in [7, 11) is 1.75. The Hall–Kier alpha value is -0.0800. The summed E-state index contributed by atoms with van der Waals surface area (Å²) in [5.41, 5.74) is 0. The molecule has 0 N–H and O–H groups in total. The van der Waals surface area contributed by atoms with Crippen LogP contribution in [0.5, 0.6) is 0 Å². The number of hydrogen-bond acceptors (Lipinski definition) is 2. The predicted molar refractivity (Wildman–Crippen MR) is 56.0 cm³/mol. The van der Waals surface area contributed by atoms with E-state index in [2.05, 4.69) is 13.8 Å². The van der Waals surface area contributed by atoms with Crippen molar-refractivity contribution in [1.82, 2.24) is 0 Å². The van der Waals surface area contributed by atoms with E-state index in [1.54, 1.807) is 7.11 Å². The van der Waals surface area contributed by atoms with Crippen molar-refractivity contribution < 1.29 is 9.47 Å². The van der Waals surface area contributed by atoms with Crippen LogP contribution in [0.4, 0.5) is 0 Å². The molecular formula is C11H24O2. The van der Waals surface area contributed by atoms with Crippen molar-refractivity contribution in [2.45, 2.75) is 39.5 Å². The van der Waals surface area contributed by atoms with Crippen molar-refractivity contribution in [3.8, 4) is 0 Å². The monoisotopic (exact) mass is 188 g/mol. The zero-order valence-corrected chi connectivity index (χ0v) is 9.34. The first-order chi connectivity index (χ1) is 6.31. The lowest BCUT2D eigenvalue weighted by Crippen LogP contribution is -2.05. The van der Waals surface area contributed by atoms with Crippen molar-refractivity contribution >= 4 is 0 Å². The van der Waals surface area contributed by atoms with Crippen LogP contribution in [0.1, 0.15) is 39.5 Å². The molecule has 0 aromatic rings. The number of methoxy groups -OCH3 is 1. The van der Waals surface area contributed by atoms with Crippen molar-refractivity contribution in [2.75, 3.05) is 26.9 Å². The number of unbranched alkanes of at least 4 members (excludes halogenated alkanes) is 1. The summed E-state index contributed by atoms with van der Waals surface area (Å²) in [6.45, 7) is 7.14.